The van der Waals surface area contributed by atoms with Gasteiger partial charge in [-0.1, -0.05) is 11.6 Å². The number of hydrogen-bond donors (Lipinski definition) is 2. The van der Waals surface area contributed by atoms with Gasteiger partial charge in [0.2, 0.25) is 0 Å². The van der Waals surface area contributed by atoms with Crippen LogP contribution >= 0.6 is 22.9 Å². The van der Waals surface area contributed by atoms with E-state index in [0.717, 1.165) is 0 Å². The third-order valence-corrected chi connectivity index (χ3v) is 2.76. The minimum Gasteiger partial charge on any atom is -0.506 e. The lowest BCUT2D eigenvalue weighted by Gasteiger charge is -2.04. The van der Waals surface area contributed by atoms with E-state index in [-0.39, 0.29) is 16.7 Å². The highest BCUT2D eigenvalue weighted by atomic mass is 35.5. The molecule has 4 nitrogen and oxygen atoms in total. The van der Waals surface area contributed by atoms with E-state index in [9.17, 15) is 9.90 Å². The molecule has 0 fully saturated rings. The van der Waals surface area contributed by atoms with Gasteiger partial charge < -0.3 is 10.4 Å². The number of carbonyl (C=O) groups is 1. The van der Waals surface area contributed by atoms with Crippen molar-refractivity contribution in [2.45, 2.75) is 0 Å². The molecule has 82 valence electrons. The Morgan fingerprint density at radius 1 is 1.50 bits per heavy atom. The van der Waals surface area contributed by atoms with Crippen molar-refractivity contribution in [3.05, 3.63) is 39.8 Å². The third kappa shape index (κ3) is 2.32. The summed E-state index contributed by atoms with van der Waals surface area (Å²) >= 11 is 7.05. The van der Waals surface area contributed by atoms with E-state index in [1.807, 2.05) is 0 Å². The molecular formula is C10H7ClN2O2S. The van der Waals surface area contributed by atoms with Crippen molar-refractivity contribution in [2.75, 3.05) is 5.32 Å². The Labute approximate surface area is 101 Å². The summed E-state index contributed by atoms with van der Waals surface area (Å²) in [6, 6.07) is 4.45. The fourth-order valence-corrected chi connectivity index (χ4v) is 1.82. The van der Waals surface area contributed by atoms with E-state index < -0.39 is 0 Å². The quantitative estimate of drug-likeness (QED) is 0.810. The molecule has 0 spiro atoms. The second kappa shape index (κ2) is 4.51. The van der Waals surface area contributed by atoms with E-state index in [1.54, 1.807) is 17.0 Å². The number of nitrogens with one attached hydrogen (secondary N) is 1. The average Bonchev–Trinajstić information content (AvgIpc) is 2.77. The van der Waals surface area contributed by atoms with Crippen LogP contribution in [0.5, 0.6) is 5.75 Å². The molecule has 16 heavy (non-hydrogen) atoms. The summed E-state index contributed by atoms with van der Waals surface area (Å²) < 4.78 is 0. The van der Waals surface area contributed by atoms with Gasteiger partial charge in [0.05, 0.1) is 10.5 Å². The molecule has 0 saturated carbocycles. The zero-order valence-corrected chi connectivity index (χ0v) is 9.55. The Balaban J connectivity index is 2.15. The molecule has 0 radical (unpaired) electrons. The van der Waals surface area contributed by atoms with Gasteiger partial charge in [0, 0.05) is 11.1 Å². The highest BCUT2D eigenvalue weighted by Crippen LogP contribution is 2.26. The van der Waals surface area contributed by atoms with Gasteiger partial charge in [0.25, 0.3) is 5.91 Å². The maximum absolute atomic E-state index is 11.6. The third-order valence-electron chi connectivity index (χ3n) is 1.87. The highest BCUT2D eigenvalue weighted by molar-refractivity contribution is 7.07. The summed E-state index contributed by atoms with van der Waals surface area (Å²) in [5, 5.41) is 13.7. The van der Waals surface area contributed by atoms with Gasteiger partial charge >= 0.3 is 0 Å². The molecule has 1 heterocycles. The second-order valence-corrected chi connectivity index (χ2v) is 4.12. The van der Waals surface area contributed by atoms with Gasteiger partial charge in [0.15, 0.2) is 0 Å². The van der Waals surface area contributed by atoms with E-state index in [4.69, 9.17) is 11.6 Å². The predicted octanol–water partition coefficient (Wildman–Crippen LogP) is 2.75. The number of phenols is 1. The number of rotatable bonds is 2. The van der Waals surface area contributed by atoms with Crippen LogP contribution in [0.3, 0.4) is 0 Å². The Bertz CT molecular complexity index is 514. The lowest BCUT2D eigenvalue weighted by molar-refractivity contribution is 0.102. The number of nitrogens with zero attached hydrogens (tertiary/aromatic N) is 1. The molecule has 0 aliphatic heterocycles. The molecule has 1 aromatic carbocycles. The fourth-order valence-electron chi connectivity index (χ4n) is 1.10. The molecule has 6 heteroatoms. The molecule has 0 saturated heterocycles. The van der Waals surface area contributed by atoms with E-state index in [0.29, 0.717) is 11.4 Å². The highest BCUT2D eigenvalue weighted by Gasteiger charge is 2.08. The first-order valence-electron chi connectivity index (χ1n) is 4.35. The number of hydrogen-bond acceptors (Lipinski definition) is 4. The van der Waals surface area contributed by atoms with Gasteiger partial charge in [0.1, 0.15) is 11.4 Å². The molecular weight excluding hydrogens is 248 g/mol. The molecule has 2 rings (SSSR count). The summed E-state index contributed by atoms with van der Waals surface area (Å²) in [6.07, 6.45) is 0. The van der Waals surface area contributed by atoms with Crippen molar-refractivity contribution in [1.82, 2.24) is 4.98 Å². The van der Waals surface area contributed by atoms with Crippen LogP contribution < -0.4 is 5.32 Å². The van der Waals surface area contributed by atoms with Crippen LogP contribution in [0.1, 0.15) is 10.5 Å². The molecule has 0 aliphatic carbocycles. The van der Waals surface area contributed by atoms with Gasteiger partial charge in [-0.15, -0.1) is 11.3 Å². The smallest absolute Gasteiger partial charge is 0.275 e. The molecule has 0 unspecified atom stereocenters. The van der Waals surface area contributed by atoms with Crippen molar-refractivity contribution < 1.29 is 9.90 Å². The second-order valence-electron chi connectivity index (χ2n) is 2.99. The predicted molar refractivity (Wildman–Crippen MR) is 63.2 cm³/mol. The number of halogens is 1. The van der Waals surface area contributed by atoms with E-state index in [1.165, 1.54) is 23.5 Å². The number of thiazole rings is 1. The Morgan fingerprint density at radius 3 is 2.94 bits per heavy atom. The number of phenolic OH excluding ortho intramolecular Hbond substituents is 1. The van der Waals surface area contributed by atoms with Crippen LogP contribution in [0.2, 0.25) is 5.02 Å². The van der Waals surface area contributed by atoms with Gasteiger partial charge in [-0.3, -0.25) is 4.79 Å². The Morgan fingerprint density at radius 2 is 2.31 bits per heavy atom. The molecule has 0 aliphatic rings. The molecule has 2 N–H and O–H groups in total. The van der Waals surface area contributed by atoms with Crippen molar-refractivity contribution in [3.8, 4) is 5.75 Å². The van der Waals surface area contributed by atoms with Crippen molar-refractivity contribution in [2.24, 2.45) is 0 Å². The van der Waals surface area contributed by atoms with E-state index >= 15 is 0 Å². The molecule has 1 amide bonds. The summed E-state index contributed by atoms with van der Waals surface area (Å²) in [5.41, 5.74) is 2.45. The van der Waals surface area contributed by atoms with Crippen LogP contribution in [0, 0.1) is 0 Å². The first-order chi connectivity index (χ1) is 7.66. The number of amides is 1. The Kier molecular flexibility index (Phi) is 3.07. The topological polar surface area (TPSA) is 62.2 Å². The minimum absolute atomic E-state index is 0.0201. The van der Waals surface area contributed by atoms with E-state index in [2.05, 4.69) is 10.3 Å². The monoisotopic (exact) mass is 254 g/mol. The largest absolute Gasteiger partial charge is 0.506 e. The van der Waals surface area contributed by atoms with Gasteiger partial charge in [-0.2, -0.15) is 0 Å². The minimum atomic E-state index is -0.303. The normalized spacial score (nSPS) is 10.1. The maximum Gasteiger partial charge on any atom is 0.275 e. The standard InChI is InChI=1S/C10H7ClN2O2S/c11-7-3-6(1-2-9(7)14)13-10(15)8-4-16-5-12-8/h1-5,14H,(H,13,15). The van der Waals surface area contributed by atoms with Crippen molar-refractivity contribution >= 4 is 34.5 Å². The van der Waals surface area contributed by atoms with Crippen LogP contribution in [-0.2, 0) is 0 Å². The Hall–Kier alpha value is -1.59. The fraction of sp³-hybridized carbons (Fsp3) is 0. The molecule has 1 aromatic heterocycles. The van der Waals surface area contributed by atoms with Crippen LogP contribution in [0.25, 0.3) is 0 Å². The lowest BCUT2D eigenvalue weighted by Crippen LogP contribution is -2.11. The zero-order chi connectivity index (χ0) is 11.5. The zero-order valence-electron chi connectivity index (χ0n) is 7.98. The average molecular weight is 255 g/mol. The number of aromatic hydroxyl groups is 1. The van der Waals surface area contributed by atoms with Crippen LogP contribution in [0.15, 0.2) is 29.1 Å². The number of aromatic nitrogens is 1. The summed E-state index contributed by atoms with van der Waals surface area (Å²) in [7, 11) is 0. The summed E-state index contributed by atoms with van der Waals surface area (Å²) in [6.45, 7) is 0. The molecule has 0 atom stereocenters. The maximum atomic E-state index is 11.6. The lowest BCUT2D eigenvalue weighted by atomic mass is 10.3. The molecule has 2 aromatic rings. The van der Waals surface area contributed by atoms with Crippen molar-refractivity contribution in [3.63, 3.8) is 0 Å². The van der Waals surface area contributed by atoms with Crippen molar-refractivity contribution in [1.29, 1.82) is 0 Å². The molecule has 0 bridgehead atoms. The van der Waals surface area contributed by atoms with Gasteiger partial charge in [-0.05, 0) is 18.2 Å². The number of benzene rings is 1. The SMILES string of the molecule is O=C(Nc1ccc(O)c(Cl)c1)c1cscn1. The number of carbonyl (C=O) groups excluding carboxylic acids is 1. The first-order valence-corrected chi connectivity index (χ1v) is 5.67. The summed E-state index contributed by atoms with van der Waals surface area (Å²) in [5.74, 6) is -0.323. The summed E-state index contributed by atoms with van der Waals surface area (Å²) in [4.78, 5) is 15.5. The van der Waals surface area contributed by atoms with Gasteiger partial charge in [-0.25, -0.2) is 4.98 Å². The van der Waals surface area contributed by atoms with Crippen LogP contribution in [-0.4, -0.2) is 16.0 Å². The van der Waals surface area contributed by atoms with Crippen LogP contribution in [0.4, 0.5) is 5.69 Å². The first kappa shape index (κ1) is 10.9. The number of anilines is 1.